The Labute approximate surface area is 77.9 Å². The topological polar surface area (TPSA) is 39.1 Å². The molecule has 0 aliphatic carbocycles. The van der Waals surface area contributed by atoms with Gasteiger partial charge in [-0.2, -0.15) is 0 Å². The number of piperidine rings is 1. The lowest BCUT2D eigenvalue weighted by Crippen LogP contribution is -2.29. The number of nitrogens with zero attached hydrogens (tertiary/aromatic N) is 2. The first-order chi connectivity index (χ1) is 6.40. The van der Waals surface area contributed by atoms with E-state index in [4.69, 9.17) is 4.74 Å². The van der Waals surface area contributed by atoms with Crippen molar-refractivity contribution in [2.45, 2.75) is 18.9 Å². The van der Waals surface area contributed by atoms with E-state index in [1.54, 1.807) is 7.11 Å². The summed E-state index contributed by atoms with van der Waals surface area (Å²) in [5.74, 6) is 0.707. The predicted octanol–water partition coefficient (Wildman–Crippen LogP) is 0.816. The van der Waals surface area contributed by atoms with Crippen LogP contribution in [0.3, 0.4) is 0 Å². The number of hydrogen-bond acceptors (Lipinski definition) is 3. The third-order valence-electron chi connectivity index (χ3n) is 2.48. The summed E-state index contributed by atoms with van der Waals surface area (Å²) in [7, 11) is 1.65. The Kier molecular flexibility index (Phi) is 2.49. The van der Waals surface area contributed by atoms with E-state index in [1.807, 2.05) is 16.9 Å². The minimum absolute atomic E-state index is 0.546. The molecule has 4 nitrogen and oxygen atoms in total. The summed E-state index contributed by atoms with van der Waals surface area (Å²) in [5.41, 5.74) is 0. The Morgan fingerprint density at radius 3 is 2.92 bits per heavy atom. The molecular formula is C9H15N3O. The van der Waals surface area contributed by atoms with Gasteiger partial charge in [0, 0.05) is 12.3 Å². The van der Waals surface area contributed by atoms with Gasteiger partial charge in [0.05, 0.1) is 13.2 Å². The van der Waals surface area contributed by atoms with E-state index in [-0.39, 0.29) is 0 Å². The van der Waals surface area contributed by atoms with Crippen LogP contribution < -0.4 is 10.1 Å². The van der Waals surface area contributed by atoms with Crippen LogP contribution >= 0.6 is 0 Å². The van der Waals surface area contributed by atoms with Crippen molar-refractivity contribution in [2.75, 3.05) is 20.2 Å². The maximum absolute atomic E-state index is 5.04. The van der Waals surface area contributed by atoms with Crippen molar-refractivity contribution in [2.24, 2.45) is 0 Å². The lowest BCUT2D eigenvalue weighted by molar-refractivity contribution is 0.326. The fourth-order valence-electron chi connectivity index (χ4n) is 1.70. The van der Waals surface area contributed by atoms with E-state index in [1.165, 1.54) is 0 Å². The molecule has 1 saturated heterocycles. The molecule has 0 atom stereocenters. The van der Waals surface area contributed by atoms with E-state index in [0.29, 0.717) is 11.9 Å². The van der Waals surface area contributed by atoms with Gasteiger partial charge in [-0.25, -0.2) is 0 Å². The quantitative estimate of drug-likeness (QED) is 0.734. The molecule has 0 aromatic carbocycles. The fraction of sp³-hybridized carbons (Fsp3) is 0.667. The maximum atomic E-state index is 5.04. The van der Waals surface area contributed by atoms with Crippen LogP contribution in [-0.2, 0) is 0 Å². The molecule has 0 bridgehead atoms. The normalized spacial score (nSPS) is 18.8. The van der Waals surface area contributed by atoms with Crippen LogP contribution in [0.2, 0.25) is 0 Å². The molecule has 1 fully saturated rings. The summed E-state index contributed by atoms with van der Waals surface area (Å²) in [6.45, 7) is 2.18. The van der Waals surface area contributed by atoms with Gasteiger partial charge < -0.3 is 10.1 Å². The zero-order chi connectivity index (χ0) is 9.10. The number of methoxy groups -OCH3 is 1. The van der Waals surface area contributed by atoms with Gasteiger partial charge >= 0.3 is 0 Å². The predicted molar refractivity (Wildman–Crippen MR) is 49.9 cm³/mol. The van der Waals surface area contributed by atoms with Crippen molar-refractivity contribution in [1.29, 1.82) is 0 Å². The minimum Gasteiger partial charge on any atom is -0.480 e. The molecule has 0 saturated carbocycles. The first-order valence-electron chi connectivity index (χ1n) is 4.70. The smallest absolute Gasteiger partial charge is 0.232 e. The van der Waals surface area contributed by atoms with Crippen molar-refractivity contribution < 1.29 is 4.74 Å². The fourth-order valence-corrected chi connectivity index (χ4v) is 1.70. The van der Waals surface area contributed by atoms with Gasteiger partial charge in [-0.3, -0.25) is 4.68 Å². The lowest BCUT2D eigenvalue weighted by atomic mass is 10.1. The van der Waals surface area contributed by atoms with Gasteiger partial charge in [-0.15, -0.1) is 5.10 Å². The third-order valence-corrected chi connectivity index (χ3v) is 2.48. The van der Waals surface area contributed by atoms with Gasteiger partial charge in [0.1, 0.15) is 0 Å². The van der Waals surface area contributed by atoms with Crippen LogP contribution in [0.4, 0.5) is 0 Å². The largest absolute Gasteiger partial charge is 0.480 e. The van der Waals surface area contributed by atoms with Crippen molar-refractivity contribution in [1.82, 2.24) is 15.1 Å². The second kappa shape index (κ2) is 3.79. The Hall–Kier alpha value is -1.03. The average Bonchev–Trinajstić information content (AvgIpc) is 2.67. The Balaban J connectivity index is 2.05. The minimum atomic E-state index is 0.546. The van der Waals surface area contributed by atoms with E-state index < -0.39 is 0 Å². The van der Waals surface area contributed by atoms with Crippen molar-refractivity contribution in [3.63, 3.8) is 0 Å². The van der Waals surface area contributed by atoms with E-state index in [2.05, 4.69) is 10.4 Å². The van der Waals surface area contributed by atoms with E-state index in [0.717, 1.165) is 25.9 Å². The van der Waals surface area contributed by atoms with E-state index in [9.17, 15) is 0 Å². The Morgan fingerprint density at radius 2 is 2.31 bits per heavy atom. The molecule has 4 heteroatoms. The number of rotatable bonds is 2. The van der Waals surface area contributed by atoms with Crippen LogP contribution in [0.25, 0.3) is 0 Å². The highest BCUT2D eigenvalue weighted by atomic mass is 16.5. The van der Waals surface area contributed by atoms with Crippen molar-refractivity contribution >= 4 is 0 Å². The highest BCUT2D eigenvalue weighted by Gasteiger charge is 2.15. The van der Waals surface area contributed by atoms with Crippen LogP contribution in [-0.4, -0.2) is 30.0 Å². The molecule has 1 aliphatic heterocycles. The average molecular weight is 181 g/mol. The zero-order valence-corrected chi connectivity index (χ0v) is 7.86. The number of ether oxygens (including phenoxy) is 1. The summed E-state index contributed by atoms with van der Waals surface area (Å²) in [4.78, 5) is 0. The monoisotopic (exact) mass is 181 g/mol. The molecule has 1 aromatic rings. The molecule has 0 spiro atoms. The molecule has 72 valence electrons. The van der Waals surface area contributed by atoms with Crippen molar-refractivity contribution in [3.05, 3.63) is 12.3 Å². The zero-order valence-electron chi connectivity index (χ0n) is 7.86. The first kappa shape index (κ1) is 8.56. The highest BCUT2D eigenvalue weighted by molar-refractivity contribution is 5.06. The van der Waals surface area contributed by atoms with Gasteiger partial charge in [-0.05, 0) is 25.9 Å². The molecule has 0 unspecified atom stereocenters. The molecule has 2 heterocycles. The molecular weight excluding hydrogens is 166 g/mol. The first-order valence-corrected chi connectivity index (χ1v) is 4.70. The van der Waals surface area contributed by atoms with Crippen molar-refractivity contribution in [3.8, 4) is 5.88 Å². The van der Waals surface area contributed by atoms with Crippen LogP contribution in [0, 0.1) is 0 Å². The molecule has 13 heavy (non-hydrogen) atoms. The number of nitrogens with one attached hydrogen (secondary N) is 1. The van der Waals surface area contributed by atoms with Gasteiger partial charge in [0.25, 0.3) is 0 Å². The van der Waals surface area contributed by atoms with Crippen LogP contribution in [0.15, 0.2) is 12.3 Å². The highest BCUT2D eigenvalue weighted by Crippen LogP contribution is 2.19. The number of aromatic nitrogens is 2. The summed E-state index contributed by atoms with van der Waals surface area (Å²) in [6.07, 6.45) is 4.31. The molecule has 0 radical (unpaired) electrons. The lowest BCUT2D eigenvalue weighted by Gasteiger charge is -2.22. The SMILES string of the molecule is COc1ccn(C2CCNCC2)n1. The third kappa shape index (κ3) is 1.83. The second-order valence-electron chi connectivity index (χ2n) is 3.32. The Morgan fingerprint density at radius 1 is 1.54 bits per heavy atom. The van der Waals surface area contributed by atoms with Gasteiger partial charge in [0.15, 0.2) is 0 Å². The Bertz CT molecular complexity index is 266. The standard InChI is InChI=1S/C9H15N3O/c1-13-9-4-7-12(11-9)8-2-5-10-6-3-8/h4,7-8,10H,2-3,5-6H2,1H3. The summed E-state index contributed by atoms with van der Waals surface area (Å²) in [5, 5.41) is 7.65. The summed E-state index contributed by atoms with van der Waals surface area (Å²) in [6, 6.07) is 2.45. The number of hydrogen-bond donors (Lipinski definition) is 1. The van der Waals surface area contributed by atoms with Crippen LogP contribution in [0.5, 0.6) is 5.88 Å². The summed E-state index contributed by atoms with van der Waals surface area (Å²) < 4.78 is 7.05. The maximum Gasteiger partial charge on any atom is 0.232 e. The van der Waals surface area contributed by atoms with Gasteiger partial charge in [0.2, 0.25) is 5.88 Å². The van der Waals surface area contributed by atoms with Gasteiger partial charge in [-0.1, -0.05) is 0 Å². The van der Waals surface area contributed by atoms with E-state index >= 15 is 0 Å². The molecule has 2 rings (SSSR count). The molecule has 1 aliphatic rings. The van der Waals surface area contributed by atoms with Crippen LogP contribution in [0.1, 0.15) is 18.9 Å². The molecule has 1 aromatic heterocycles. The molecule has 1 N–H and O–H groups in total. The molecule has 0 amide bonds. The second-order valence-corrected chi connectivity index (χ2v) is 3.32. The summed E-state index contributed by atoms with van der Waals surface area (Å²) >= 11 is 0.